The summed E-state index contributed by atoms with van der Waals surface area (Å²) >= 11 is 0. The van der Waals surface area contributed by atoms with Crippen LogP contribution in [-0.2, 0) is 4.79 Å². The lowest BCUT2D eigenvalue weighted by atomic mass is 9.84. The van der Waals surface area contributed by atoms with E-state index in [1.54, 1.807) is 0 Å². The highest BCUT2D eigenvalue weighted by atomic mass is 16.5. The van der Waals surface area contributed by atoms with Gasteiger partial charge in [-0.25, -0.2) is 0 Å². The number of benzene rings is 1. The first kappa shape index (κ1) is 14.5. The quantitative estimate of drug-likeness (QED) is 0.797. The Morgan fingerprint density at radius 2 is 1.96 bits per heavy atom. The fourth-order valence-corrected chi connectivity index (χ4v) is 5.42. The second kappa shape index (κ2) is 5.08. The van der Waals surface area contributed by atoms with Gasteiger partial charge in [-0.1, -0.05) is 12.1 Å². The van der Waals surface area contributed by atoms with Crippen LogP contribution < -0.4 is 4.74 Å². The van der Waals surface area contributed by atoms with E-state index in [4.69, 9.17) is 4.74 Å². The fourth-order valence-electron chi connectivity index (χ4n) is 5.42. The van der Waals surface area contributed by atoms with Crippen LogP contribution in [0.1, 0.15) is 48.9 Å². The maximum absolute atomic E-state index is 12.9. The first-order valence-corrected chi connectivity index (χ1v) is 9.30. The number of para-hydroxylation sites is 1. The van der Waals surface area contributed by atoms with Gasteiger partial charge in [0, 0.05) is 24.9 Å². The molecule has 5 rings (SSSR count). The van der Waals surface area contributed by atoms with E-state index in [9.17, 15) is 9.59 Å². The van der Waals surface area contributed by atoms with Gasteiger partial charge < -0.3 is 9.64 Å². The molecule has 2 heterocycles. The summed E-state index contributed by atoms with van der Waals surface area (Å²) in [5.41, 5.74) is 0.276. The maximum atomic E-state index is 12.9. The van der Waals surface area contributed by atoms with Crippen molar-refractivity contribution in [2.75, 3.05) is 13.1 Å². The number of hydrogen-bond acceptors (Lipinski definition) is 3. The van der Waals surface area contributed by atoms with Crippen LogP contribution in [0.3, 0.4) is 0 Å². The summed E-state index contributed by atoms with van der Waals surface area (Å²) in [6.07, 6.45) is 5.85. The molecule has 0 bridgehead atoms. The molecule has 4 aliphatic rings. The molecule has 4 atom stereocenters. The van der Waals surface area contributed by atoms with Gasteiger partial charge in [0.15, 0.2) is 5.78 Å². The average Bonchev–Trinajstić information content (AvgIpc) is 3.26. The molecule has 4 nitrogen and oxygen atoms in total. The molecule has 2 aliphatic carbocycles. The molecule has 2 aliphatic heterocycles. The van der Waals surface area contributed by atoms with Crippen LogP contribution >= 0.6 is 0 Å². The number of fused-ring (bicyclic) bond motifs is 3. The zero-order chi connectivity index (χ0) is 16.3. The SMILES string of the molecule is O=C1CC2(CCC3C(C(=O)N4CCCCC4)C32)Oc2ccccc21. The highest BCUT2D eigenvalue weighted by Gasteiger charge is 2.71. The van der Waals surface area contributed by atoms with Crippen molar-refractivity contribution in [2.45, 2.75) is 44.1 Å². The average molecular weight is 325 g/mol. The van der Waals surface area contributed by atoms with Gasteiger partial charge >= 0.3 is 0 Å². The first-order valence-electron chi connectivity index (χ1n) is 9.30. The largest absolute Gasteiger partial charge is 0.486 e. The maximum Gasteiger partial charge on any atom is 0.226 e. The third-order valence-electron chi connectivity index (χ3n) is 6.59. The molecule has 1 saturated heterocycles. The van der Waals surface area contributed by atoms with E-state index in [1.807, 2.05) is 24.3 Å². The summed E-state index contributed by atoms with van der Waals surface area (Å²) in [4.78, 5) is 27.6. The number of ether oxygens (including phenoxy) is 1. The molecule has 4 unspecified atom stereocenters. The van der Waals surface area contributed by atoms with Crippen LogP contribution in [-0.4, -0.2) is 35.3 Å². The lowest BCUT2D eigenvalue weighted by Crippen LogP contribution is -2.45. The molecular weight excluding hydrogens is 302 g/mol. The standard InChI is InChI=1S/C20H23NO3/c22-15-12-20(24-16-7-3-2-6-13(15)16)9-8-14-17(18(14)20)19(23)21-10-4-1-5-11-21/h2-3,6-7,14,17-18H,1,4-5,8-12H2. The van der Waals surface area contributed by atoms with Crippen molar-refractivity contribution in [1.82, 2.24) is 4.90 Å². The Kier molecular flexibility index (Phi) is 3.07. The van der Waals surface area contributed by atoms with Crippen LogP contribution in [0.25, 0.3) is 0 Å². The molecule has 1 aromatic carbocycles. The van der Waals surface area contributed by atoms with E-state index >= 15 is 0 Å². The number of carbonyl (C=O) groups is 2. The summed E-state index contributed by atoms with van der Waals surface area (Å²) < 4.78 is 6.38. The van der Waals surface area contributed by atoms with Gasteiger partial charge in [0.1, 0.15) is 11.4 Å². The topological polar surface area (TPSA) is 46.6 Å². The Bertz CT molecular complexity index is 709. The smallest absolute Gasteiger partial charge is 0.226 e. The zero-order valence-electron chi connectivity index (χ0n) is 13.9. The number of nitrogens with zero attached hydrogens (tertiary/aromatic N) is 1. The van der Waals surface area contributed by atoms with E-state index in [1.165, 1.54) is 6.42 Å². The third-order valence-corrected chi connectivity index (χ3v) is 6.59. The van der Waals surface area contributed by atoms with Crippen molar-refractivity contribution in [1.29, 1.82) is 0 Å². The van der Waals surface area contributed by atoms with Crippen LogP contribution in [0.2, 0.25) is 0 Å². The number of amides is 1. The van der Waals surface area contributed by atoms with Crippen LogP contribution in [0, 0.1) is 17.8 Å². The molecule has 0 aromatic heterocycles. The minimum Gasteiger partial charge on any atom is -0.486 e. The number of ketones is 1. The number of likely N-dealkylation sites (tertiary alicyclic amines) is 1. The molecule has 0 N–H and O–H groups in total. The Hall–Kier alpha value is -1.84. The fraction of sp³-hybridized carbons (Fsp3) is 0.600. The van der Waals surface area contributed by atoms with Gasteiger partial charge in [-0.3, -0.25) is 9.59 Å². The second-order valence-electron chi connectivity index (χ2n) is 7.90. The van der Waals surface area contributed by atoms with E-state index < -0.39 is 5.60 Å². The summed E-state index contributed by atoms with van der Waals surface area (Å²) in [6, 6.07) is 7.54. The molecule has 3 fully saturated rings. The number of hydrogen-bond donors (Lipinski definition) is 0. The van der Waals surface area contributed by atoms with E-state index in [2.05, 4.69) is 4.90 Å². The minimum absolute atomic E-state index is 0.0925. The second-order valence-corrected chi connectivity index (χ2v) is 7.90. The van der Waals surface area contributed by atoms with E-state index in [0.717, 1.165) is 38.8 Å². The number of piperidine rings is 1. The summed E-state index contributed by atoms with van der Waals surface area (Å²) in [7, 11) is 0. The van der Waals surface area contributed by atoms with Crippen molar-refractivity contribution in [3.05, 3.63) is 29.8 Å². The van der Waals surface area contributed by atoms with Gasteiger partial charge in [-0.2, -0.15) is 0 Å². The lowest BCUT2D eigenvalue weighted by molar-refractivity contribution is -0.135. The van der Waals surface area contributed by atoms with Crippen molar-refractivity contribution < 1.29 is 14.3 Å². The molecule has 1 aromatic rings. The van der Waals surface area contributed by atoms with Crippen LogP contribution in [0.15, 0.2) is 24.3 Å². The predicted molar refractivity (Wildman–Crippen MR) is 88.9 cm³/mol. The Morgan fingerprint density at radius 1 is 1.17 bits per heavy atom. The molecule has 1 amide bonds. The highest BCUT2D eigenvalue weighted by molar-refractivity contribution is 6.00. The Morgan fingerprint density at radius 3 is 2.79 bits per heavy atom. The monoisotopic (exact) mass is 325 g/mol. The first-order chi connectivity index (χ1) is 11.7. The van der Waals surface area contributed by atoms with Gasteiger partial charge in [0.25, 0.3) is 0 Å². The molecule has 2 saturated carbocycles. The summed E-state index contributed by atoms with van der Waals surface area (Å²) in [6.45, 7) is 1.81. The van der Waals surface area contributed by atoms with Crippen LogP contribution in [0.4, 0.5) is 0 Å². The van der Waals surface area contributed by atoms with Crippen molar-refractivity contribution in [3.63, 3.8) is 0 Å². The van der Waals surface area contributed by atoms with Gasteiger partial charge in [0.05, 0.1) is 12.0 Å². The van der Waals surface area contributed by atoms with Crippen LogP contribution in [0.5, 0.6) is 5.75 Å². The van der Waals surface area contributed by atoms with E-state index in [-0.39, 0.29) is 17.6 Å². The molecule has 126 valence electrons. The third kappa shape index (κ3) is 1.98. The van der Waals surface area contributed by atoms with Gasteiger partial charge in [0.2, 0.25) is 5.91 Å². The van der Waals surface area contributed by atoms with Crippen molar-refractivity contribution >= 4 is 11.7 Å². The van der Waals surface area contributed by atoms with Gasteiger partial charge in [-0.05, 0) is 50.2 Å². The minimum atomic E-state index is -0.424. The molecular formula is C20H23NO3. The number of Topliss-reactive ketones (excluding diaryl/α,β-unsaturated/α-hetero) is 1. The predicted octanol–water partition coefficient (Wildman–Crippen LogP) is 3.06. The Labute approximate surface area is 142 Å². The summed E-state index contributed by atoms with van der Waals surface area (Å²) in [5.74, 6) is 1.97. The highest BCUT2D eigenvalue weighted by Crippen LogP contribution is 2.66. The van der Waals surface area contributed by atoms with Crippen molar-refractivity contribution in [2.24, 2.45) is 17.8 Å². The normalized spacial score (nSPS) is 36.9. The Balaban J connectivity index is 1.39. The molecule has 1 spiro atoms. The van der Waals surface area contributed by atoms with E-state index in [0.29, 0.717) is 29.6 Å². The number of rotatable bonds is 1. The van der Waals surface area contributed by atoms with Gasteiger partial charge in [-0.15, -0.1) is 0 Å². The van der Waals surface area contributed by atoms with Crippen molar-refractivity contribution in [3.8, 4) is 5.75 Å². The molecule has 24 heavy (non-hydrogen) atoms. The molecule has 4 heteroatoms. The lowest BCUT2D eigenvalue weighted by Gasteiger charge is -2.37. The summed E-state index contributed by atoms with van der Waals surface area (Å²) in [5, 5.41) is 0. The molecule has 0 radical (unpaired) electrons. The number of carbonyl (C=O) groups excluding carboxylic acids is 2. The zero-order valence-corrected chi connectivity index (χ0v) is 13.9.